The lowest BCUT2D eigenvalue weighted by atomic mass is 10.0. The molecule has 1 aliphatic rings. The summed E-state index contributed by atoms with van der Waals surface area (Å²) in [7, 11) is 0. The highest BCUT2D eigenvalue weighted by Gasteiger charge is 2.25. The molecule has 1 heterocycles. The molecule has 1 fully saturated rings. The monoisotopic (exact) mass is 290 g/mol. The van der Waals surface area contributed by atoms with Gasteiger partial charge >= 0.3 is 5.97 Å². The summed E-state index contributed by atoms with van der Waals surface area (Å²) in [5.41, 5.74) is 2.38. The van der Waals surface area contributed by atoms with E-state index in [-0.39, 0.29) is 12.0 Å². The van der Waals surface area contributed by atoms with Crippen LogP contribution in [0.4, 0.5) is 0 Å². The van der Waals surface area contributed by atoms with Crippen LogP contribution in [0.5, 0.6) is 0 Å². The molecule has 1 aromatic rings. The maximum atomic E-state index is 10.7. The third kappa shape index (κ3) is 4.83. The minimum atomic E-state index is -0.777. The van der Waals surface area contributed by atoms with Gasteiger partial charge in [0.25, 0.3) is 0 Å². The van der Waals surface area contributed by atoms with Gasteiger partial charge in [-0.15, -0.1) is 0 Å². The van der Waals surface area contributed by atoms with E-state index in [2.05, 4.69) is 42.7 Å². The maximum Gasteiger partial charge on any atom is 0.307 e. The Hall–Kier alpha value is -1.39. The third-order valence-corrected chi connectivity index (χ3v) is 4.11. The Bertz CT molecular complexity index is 469. The van der Waals surface area contributed by atoms with E-state index in [0.29, 0.717) is 0 Å². The lowest BCUT2D eigenvalue weighted by Gasteiger charge is -2.42. The number of hydrogen-bond acceptors (Lipinski definition) is 3. The normalized spacial score (nSPS) is 17.9. The smallest absolute Gasteiger partial charge is 0.307 e. The summed E-state index contributed by atoms with van der Waals surface area (Å²) in [6.07, 6.45) is 0.102. The Balaban J connectivity index is 1.85. The first-order valence-corrected chi connectivity index (χ1v) is 7.61. The number of hydrogen-bond donors (Lipinski definition) is 1. The van der Waals surface area contributed by atoms with Crippen LogP contribution < -0.4 is 0 Å². The van der Waals surface area contributed by atoms with Crippen molar-refractivity contribution >= 4 is 5.97 Å². The van der Waals surface area contributed by atoms with Crippen molar-refractivity contribution in [2.24, 2.45) is 0 Å². The summed E-state index contributed by atoms with van der Waals surface area (Å²) in [5.74, 6) is -0.777. The molecule has 4 nitrogen and oxygen atoms in total. The second-order valence-electron chi connectivity index (χ2n) is 6.82. The van der Waals surface area contributed by atoms with Crippen molar-refractivity contribution in [3.63, 3.8) is 0 Å². The third-order valence-electron chi connectivity index (χ3n) is 4.11. The summed E-state index contributed by atoms with van der Waals surface area (Å²) >= 11 is 0. The van der Waals surface area contributed by atoms with Crippen LogP contribution in [0.15, 0.2) is 24.3 Å². The minimum Gasteiger partial charge on any atom is -0.481 e. The predicted octanol–water partition coefficient (Wildman–Crippen LogP) is 2.23. The van der Waals surface area contributed by atoms with Gasteiger partial charge in [0.15, 0.2) is 0 Å². The molecular formula is C17H26N2O2. The van der Waals surface area contributed by atoms with Crippen molar-refractivity contribution in [1.82, 2.24) is 9.80 Å². The quantitative estimate of drug-likeness (QED) is 0.923. The van der Waals surface area contributed by atoms with Gasteiger partial charge in [0.1, 0.15) is 0 Å². The minimum absolute atomic E-state index is 0.102. The molecule has 0 saturated carbocycles. The van der Waals surface area contributed by atoms with Crippen molar-refractivity contribution in [3.8, 4) is 0 Å². The number of piperazine rings is 1. The van der Waals surface area contributed by atoms with Gasteiger partial charge < -0.3 is 5.11 Å². The Morgan fingerprint density at radius 3 is 2.05 bits per heavy atom. The van der Waals surface area contributed by atoms with Gasteiger partial charge in [-0.05, 0) is 31.9 Å². The van der Waals surface area contributed by atoms with Crippen molar-refractivity contribution in [3.05, 3.63) is 35.4 Å². The highest BCUT2D eigenvalue weighted by molar-refractivity contribution is 5.70. The van der Waals surface area contributed by atoms with Crippen LogP contribution in [-0.2, 0) is 17.8 Å². The van der Waals surface area contributed by atoms with Crippen molar-refractivity contribution in [1.29, 1.82) is 0 Å². The van der Waals surface area contributed by atoms with E-state index in [9.17, 15) is 4.79 Å². The fraction of sp³-hybridized carbons (Fsp3) is 0.588. The van der Waals surface area contributed by atoms with Gasteiger partial charge in [-0.2, -0.15) is 0 Å². The summed E-state index contributed by atoms with van der Waals surface area (Å²) in [6, 6.07) is 7.95. The van der Waals surface area contributed by atoms with Crippen LogP contribution in [0, 0.1) is 0 Å². The fourth-order valence-electron chi connectivity index (χ4n) is 2.77. The van der Waals surface area contributed by atoms with Crippen LogP contribution in [0.25, 0.3) is 0 Å². The van der Waals surface area contributed by atoms with Crippen LogP contribution in [0.2, 0.25) is 0 Å². The highest BCUT2D eigenvalue weighted by atomic mass is 16.4. The Kier molecular flexibility index (Phi) is 5.01. The summed E-state index contributed by atoms with van der Waals surface area (Å²) in [4.78, 5) is 15.7. The van der Waals surface area contributed by atoms with Crippen LogP contribution in [-0.4, -0.2) is 52.6 Å². The number of aliphatic carboxylic acids is 1. The number of benzene rings is 1. The Morgan fingerprint density at radius 1 is 1.05 bits per heavy atom. The molecule has 21 heavy (non-hydrogen) atoms. The van der Waals surface area contributed by atoms with E-state index in [1.807, 2.05) is 12.1 Å². The summed E-state index contributed by atoms with van der Waals surface area (Å²) < 4.78 is 0. The van der Waals surface area contributed by atoms with Gasteiger partial charge in [-0.25, -0.2) is 0 Å². The molecule has 0 aliphatic carbocycles. The Morgan fingerprint density at radius 2 is 1.57 bits per heavy atom. The highest BCUT2D eigenvalue weighted by Crippen LogP contribution is 2.17. The molecule has 0 spiro atoms. The molecule has 1 N–H and O–H groups in total. The molecular weight excluding hydrogens is 264 g/mol. The van der Waals surface area contributed by atoms with E-state index < -0.39 is 5.97 Å². The molecule has 0 amide bonds. The number of rotatable bonds is 4. The van der Waals surface area contributed by atoms with Crippen molar-refractivity contribution in [2.75, 3.05) is 26.2 Å². The molecule has 0 bridgehead atoms. The van der Waals surface area contributed by atoms with Gasteiger partial charge in [-0.1, -0.05) is 24.3 Å². The van der Waals surface area contributed by atoms with E-state index in [1.165, 1.54) is 5.56 Å². The average molecular weight is 290 g/mol. The first-order chi connectivity index (χ1) is 9.84. The Labute approximate surface area is 127 Å². The largest absolute Gasteiger partial charge is 0.481 e. The van der Waals surface area contributed by atoms with Crippen LogP contribution in [0.3, 0.4) is 0 Å². The first-order valence-electron chi connectivity index (χ1n) is 7.61. The van der Waals surface area contributed by atoms with E-state index in [0.717, 1.165) is 38.3 Å². The molecule has 1 aliphatic heterocycles. The molecule has 4 heteroatoms. The second kappa shape index (κ2) is 6.58. The number of carboxylic acid groups (broad SMARTS) is 1. The fourth-order valence-corrected chi connectivity index (χ4v) is 2.77. The molecule has 116 valence electrons. The van der Waals surface area contributed by atoms with Crippen LogP contribution in [0.1, 0.15) is 31.9 Å². The molecule has 0 unspecified atom stereocenters. The van der Waals surface area contributed by atoms with Gasteiger partial charge in [-0.3, -0.25) is 14.6 Å². The zero-order valence-electron chi connectivity index (χ0n) is 13.3. The van der Waals surface area contributed by atoms with Crippen molar-refractivity contribution in [2.45, 2.75) is 39.3 Å². The zero-order chi connectivity index (χ0) is 15.5. The second-order valence-corrected chi connectivity index (χ2v) is 6.82. The molecule has 1 aromatic carbocycles. The van der Waals surface area contributed by atoms with E-state index >= 15 is 0 Å². The lowest BCUT2D eigenvalue weighted by molar-refractivity contribution is -0.136. The standard InChI is InChI=1S/C17H26N2O2/c1-17(2,3)19-10-8-18(9-11-19)13-15-6-4-14(5-7-15)12-16(20)21/h4-7H,8-13H2,1-3H3,(H,20,21). The van der Waals surface area contributed by atoms with Crippen molar-refractivity contribution < 1.29 is 9.90 Å². The van der Waals surface area contributed by atoms with Gasteiger partial charge in [0, 0.05) is 38.3 Å². The maximum absolute atomic E-state index is 10.7. The van der Waals surface area contributed by atoms with E-state index in [4.69, 9.17) is 5.11 Å². The molecule has 2 rings (SSSR count). The number of carbonyl (C=O) groups is 1. The number of nitrogens with zero attached hydrogens (tertiary/aromatic N) is 2. The molecule has 1 saturated heterocycles. The van der Waals surface area contributed by atoms with Gasteiger partial charge in [0.05, 0.1) is 6.42 Å². The SMILES string of the molecule is CC(C)(C)N1CCN(Cc2ccc(CC(=O)O)cc2)CC1. The topological polar surface area (TPSA) is 43.8 Å². The number of carboxylic acids is 1. The first kappa shape index (κ1) is 16.0. The molecule has 0 atom stereocenters. The predicted molar refractivity (Wildman–Crippen MR) is 84.4 cm³/mol. The molecule has 0 radical (unpaired) electrons. The van der Waals surface area contributed by atoms with Crippen LogP contribution >= 0.6 is 0 Å². The molecule has 0 aromatic heterocycles. The average Bonchev–Trinajstić information content (AvgIpc) is 2.40. The lowest BCUT2D eigenvalue weighted by Crippen LogP contribution is -2.53. The summed E-state index contributed by atoms with van der Waals surface area (Å²) in [6.45, 7) is 12.2. The van der Waals surface area contributed by atoms with E-state index in [1.54, 1.807) is 0 Å². The van der Waals surface area contributed by atoms with Gasteiger partial charge in [0.2, 0.25) is 0 Å². The summed E-state index contributed by atoms with van der Waals surface area (Å²) in [5, 5.41) is 8.77. The zero-order valence-corrected chi connectivity index (χ0v) is 13.3.